The maximum Gasteiger partial charge on any atom is 0.104 e. The molecule has 72 valence electrons. The summed E-state index contributed by atoms with van der Waals surface area (Å²) in [6.07, 6.45) is 8.96. The summed E-state index contributed by atoms with van der Waals surface area (Å²) in [5.41, 5.74) is 3.46. The third-order valence-corrected chi connectivity index (χ3v) is 2.21. The fraction of sp³-hybridized carbons (Fsp3) is 0.0769. The fourth-order valence-electron chi connectivity index (χ4n) is 1.44. The average Bonchev–Trinajstić information content (AvgIpc) is 2.30. The predicted molar refractivity (Wildman–Crippen MR) is 60.1 cm³/mol. The SMILES string of the molecule is C#Cc1c(C)ccnc1-c1ccccn1. The summed E-state index contributed by atoms with van der Waals surface area (Å²) in [6, 6.07) is 7.60. The largest absolute Gasteiger partial charge is 0.255 e. The van der Waals surface area contributed by atoms with E-state index in [1.165, 1.54) is 0 Å². The van der Waals surface area contributed by atoms with Gasteiger partial charge in [0, 0.05) is 12.4 Å². The lowest BCUT2D eigenvalue weighted by Gasteiger charge is -2.04. The van der Waals surface area contributed by atoms with Crippen LogP contribution in [0, 0.1) is 19.3 Å². The molecule has 0 saturated carbocycles. The summed E-state index contributed by atoms with van der Waals surface area (Å²) in [4.78, 5) is 8.52. The molecule has 15 heavy (non-hydrogen) atoms. The van der Waals surface area contributed by atoms with Crippen LogP contribution >= 0.6 is 0 Å². The van der Waals surface area contributed by atoms with Gasteiger partial charge in [-0.2, -0.15) is 0 Å². The molecule has 0 aliphatic rings. The Morgan fingerprint density at radius 2 is 2.00 bits per heavy atom. The molecule has 0 aliphatic heterocycles. The standard InChI is InChI=1S/C13H10N2/c1-3-11-10(2)7-9-15-13(11)12-6-4-5-8-14-12/h1,4-9H,2H3. The normalized spacial score (nSPS) is 9.60. The van der Waals surface area contributed by atoms with Gasteiger partial charge in [-0.3, -0.25) is 9.97 Å². The lowest BCUT2D eigenvalue weighted by Crippen LogP contribution is -1.93. The van der Waals surface area contributed by atoms with E-state index in [9.17, 15) is 0 Å². The van der Waals surface area contributed by atoms with Gasteiger partial charge in [0.2, 0.25) is 0 Å². The summed E-state index contributed by atoms with van der Waals surface area (Å²) in [7, 11) is 0. The lowest BCUT2D eigenvalue weighted by atomic mass is 10.1. The Kier molecular flexibility index (Phi) is 2.47. The summed E-state index contributed by atoms with van der Waals surface area (Å²) >= 11 is 0. The van der Waals surface area contributed by atoms with Crippen molar-refractivity contribution >= 4 is 0 Å². The van der Waals surface area contributed by atoms with Gasteiger partial charge < -0.3 is 0 Å². The molecule has 0 aromatic carbocycles. The first-order valence-electron chi connectivity index (χ1n) is 4.66. The first-order chi connectivity index (χ1) is 7.33. The van der Waals surface area contributed by atoms with Crippen LogP contribution in [0.1, 0.15) is 11.1 Å². The van der Waals surface area contributed by atoms with Gasteiger partial charge in [-0.05, 0) is 30.7 Å². The number of pyridine rings is 2. The van der Waals surface area contributed by atoms with Crippen molar-refractivity contribution in [2.24, 2.45) is 0 Å². The van der Waals surface area contributed by atoms with Crippen LogP contribution in [0.2, 0.25) is 0 Å². The summed E-state index contributed by atoms with van der Waals surface area (Å²) in [5.74, 6) is 2.66. The summed E-state index contributed by atoms with van der Waals surface area (Å²) in [5, 5.41) is 0. The Bertz CT molecular complexity index is 510. The number of aryl methyl sites for hydroxylation is 1. The predicted octanol–water partition coefficient (Wildman–Crippen LogP) is 2.43. The van der Waals surface area contributed by atoms with Gasteiger partial charge in [-0.1, -0.05) is 12.0 Å². The van der Waals surface area contributed by atoms with Crippen LogP contribution in [0.15, 0.2) is 36.7 Å². The monoisotopic (exact) mass is 194 g/mol. The Labute approximate surface area is 89.0 Å². The van der Waals surface area contributed by atoms with Gasteiger partial charge in [-0.15, -0.1) is 6.42 Å². The number of terminal acetylenes is 1. The number of rotatable bonds is 1. The minimum absolute atomic E-state index is 0.776. The van der Waals surface area contributed by atoms with Gasteiger partial charge >= 0.3 is 0 Å². The van der Waals surface area contributed by atoms with Crippen molar-refractivity contribution in [1.29, 1.82) is 0 Å². The molecule has 2 aromatic rings. The Hall–Kier alpha value is -2.14. The fourth-order valence-corrected chi connectivity index (χ4v) is 1.44. The Balaban J connectivity index is 2.65. The second-order valence-electron chi connectivity index (χ2n) is 3.21. The van der Waals surface area contributed by atoms with Crippen LogP contribution in [0.5, 0.6) is 0 Å². The molecule has 0 atom stereocenters. The van der Waals surface area contributed by atoms with Crippen molar-refractivity contribution in [1.82, 2.24) is 9.97 Å². The first-order valence-corrected chi connectivity index (χ1v) is 4.66. The van der Waals surface area contributed by atoms with E-state index >= 15 is 0 Å². The van der Waals surface area contributed by atoms with Crippen LogP contribution in [0.3, 0.4) is 0 Å². The highest BCUT2D eigenvalue weighted by atomic mass is 14.8. The van der Waals surface area contributed by atoms with Crippen molar-refractivity contribution in [3.8, 4) is 23.7 Å². The van der Waals surface area contributed by atoms with Crippen LogP contribution in [-0.2, 0) is 0 Å². The van der Waals surface area contributed by atoms with Crippen LogP contribution < -0.4 is 0 Å². The molecule has 0 unspecified atom stereocenters. The van der Waals surface area contributed by atoms with Gasteiger partial charge in [-0.25, -0.2) is 0 Å². The average molecular weight is 194 g/mol. The Morgan fingerprint density at radius 3 is 2.67 bits per heavy atom. The molecule has 0 fully saturated rings. The molecule has 2 nitrogen and oxygen atoms in total. The first kappa shape index (κ1) is 9.42. The van der Waals surface area contributed by atoms with E-state index in [1.54, 1.807) is 12.4 Å². The van der Waals surface area contributed by atoms with Crippen LogP contribution in [0.25, 0.3) is 11.4 Å². The molecule has 0 radical (unpaired) electrons. The molecular weight excluding hydrogens is 184 g/mol. The minimum atomic E-state index is 0.776. The van der Waals surface area contributed by atoms with Crippen molar-refractivity contribution in [2.45, 2.75) is 6.92 Å². The second-order valence-corrected chi connectivity index (χ2v) is 3.21. The molecule has 0 amide bonds. The molecule has 2 rings (SSSR count). The summed E-state index contributed by atoms with van der Waals surface area (Å²) in [6.45, 7) is 1.98. The van der Waals surface area contributed by atoms with Gasteiger partial charge in [0.1, 0.15) is 5.69 Å². The van der Waals surface area contributed by atoms with E-state index in [0.29, 0.717) is 0 Å². The smallest absolute Gasteiger partial charge is 0.104 e. The van der Waals surface area contributed by atoms with Gasteiger partial charge in [0.15, 0.2) is 0 Å². The summed E-state index contributed by atoms with van der Waals surface area (Å²) < 4.78 is 0. The second kappa shape index (κ2) is 3.93. The number of hydrogen-bond donors (Lipinski definition) is 0. The molecule has 2 aromatic heterocycles. The van der Waals surface area contributed by atoms with Crippen molar-refractivity contribution in [3.05, 3.63) is 47.8 Å². The van der Waals surface area contributed by atoms with Crippen molar-refractivity contribution < 1.29 is 0 Å². The molecule has 0 aliphatic carbocycles. The zero-order valence-corrected chi connectivity index (χ0v) is 8.44. The molecule has 0 N–H and O–H groups in total. The number of hydrogen-bond acceptors (Lipinski definition) is 2. The maximum atomic E-state index is 5.47. The number of aromatic nitrogens is 2. The molecule has 2 heterocycles. The van der Waals surface area contributed by atoms with E-state index in [2.05, 4.69) is 15.9 Å². The lowest BCUT2D eigenvalue weighted by molar-refractivity contribution is 1.22. The highest BCUT2D eigenvalue weighted by Crippen LogP contribution is 2.20. The Morgan fingerprint density at radius 1 is 1.13 bits per heavy atom. The zero-order valence-electron chi connectivity index (χ0n) is 8.44. The molecule has 0 spiro atoms. The zero-order chi connectivity index (χ0) is 10.7. The molecule has 0 saturated heterocycles. The van der Waals surface area contributed by atoms with Gasteiger partial charge in [0.05, 0.1) is 11.3 Å². The van der Waals surface area contributed by atoms with E-state index in [0.717, 1.165) is 22.5 Å². The molecular formula is C13H10N2. The number of nitrogens with zero attached hydrogens (tertiary/aromatic N) is 2. The molecule has 2 heteroatoms. The minimum Gasteiger partial charge on any atom is -0.255 e. The molecule has 0 bridgehead atoms. The van der Waals surface area contributed by atoms with Crippen molar-refractivity contribution in [2.75, 3.05) is 0 Å². The van der Waals surface area contributed by atoms with E-state index in [1.807, 2.05) is 31.2 Å². The van der Waals surface area contributed by atoms with E-state index in [4.69, 9.17) is 6.42 Å². The van der Waals surface area contributed by atoms with Crippen molar-refractivity contribution in [3.63, 3.8) is 0 Å². The van der Waals surface area contributed by atoms with E-state index in [-0.39, 0.29) is 0 Å². The van der Waals surface area contributed by atoms with Crippen LogP contribution in [-0.4, -0.2) is 9.97 Å². The highest BCUT2D eigenvalue weighted by molar-refractivity contribution is 5.65. The highest BCUT2D eigenvalue weighted by Gasteiger charge is 2.07. The third kappa shape index (κ3) is 1.72. The van der Waals surface area contributed by atoms with Gasteiger partial charge in [0.25, 0.3) is 0 Å². The maximum absolute atomic E-state index is 5.47. The van der Waals surface area contributed by atoms with E-state index < -0.39 is 0 Å². The van der Waals surface area contributed by atoms with Crippen LogP contribution in [0.4, 0.5) is 0 Å². The third-order valence-electron chi connectivity index (χ3n) is 2.21. The topological polar surface area (TPSA) is 25.8 Å². The quantitative estimate of drug-likeness (QED) is 0.651.